The Labute approximate surface area is 81.0 Å². The fourth-order valence-electron chi connectivity index (χ4n) is 1.22. The zero-order valence-corrected chi connectivity index (χ0v) is 7.83. The SMILES string of the molecule is COC(=O)C(=O)NC1CCCNC1=O. The second kappa shape index (κ2) is 4.59. The normalized spacial score (nSPS) is 20.9. The Kier molecular flexibility index (Phi) is 3.44. The zero-order chi connectivity index (χ0) is 10.6. The molecule has 78 valence electrons. The largest absolute Gasteiger partial charge is 0.462 e. The summed E-state index contributed by atoms with van der Waals surface area (Å²) in [5.74, 6) is -2.12. The van der Waals surface area contributed by atoms with Crippen molar-refractivity contribution in [3.05, 3.63) is 0 Å². The molecule has 1 rings (SSSR count). The molecule has 0 spiro atoms. The molecule has 1 heterocycles. The maximum absolute atomic E-state index is 11.2. The number of rotatable bonds is 1. The minimum Gasteiger partial charge on any atom is -0.462 e. The highest BCUT2D eigenvalue weighted by molar-refractivity contribution is 6.32. The lowest BCUT2D eigenvalue weighted by atomic mass is 10.1. The molecule has 0 saturated carbocycles. The van der Waals surface area contributed by atoms with Crippen molar-refractivity contribution in [1.82, 2.24) is 10.6 Å². The van der Waals surface area contributed by atoms with Crippen LogP contribution in [-0.2, 0) is 19.1 Å². The third-order valence-corrected chi connectivity index (χ3v) is 1.96. The fraction of sp³-hybridized carbons (Fsp3) is 0.625. The molecule has 1 saturated heterocycles. The van der Waals surface area contributed by atoms with E-state index in [0.717, 1.165) is 13.5 Å². The molecule has 1 atom stereocenters. The Morgan fingerprint density at radius 3 is 2.86 bits per heavy atom. The Hall–Kier alpha value is -1.59. The topological polar surface area (TPSA) is 84.5 Å². The fourth-order valence-corrected chi connectivity index (χ4v) is 1.22. The molecule has 1 fully saturated rings. The molecule has 0 aliphatic carbocycles. The molecule has 1 aliphatic rings. The first-order valence-corrected chi connectivity index (χ1v) is 4.31. The summed E-state index contributed by atoms with van der Waals surface area (Å²) in [5, 5.41) is 4.88. The van der Waals surface area contributed by atoms with Gasteiger partial charge in [0, 0.05) is 6.54 Å². The van der Waals surface area contributed by atoms with Crippen LogP contribution in [0.1, 0.15) is 12.8 Å². The first-order chi connectivity index (χ1) is 6.65. The number of esters is 1. The van der Waals surface area contributed by atoms with Gasteiger partial charge in [-0.15, -0.1) is 0 Å². The van der Waals surface area contributed by atoms with Gasteiger partial charge in [0.15, 0.2) is 0 Å². The van der Waals surface area contributed by atoms with E-state index < -0.39 is 17.9 Å². The first-order valence-electron chi connectivity index (χ1n) is 4.31. The number of nitrogens with one attached hydrogen (secondary N) is 2. The molecule has 6 heteroatoms. The van der Waals surface area contributed by atoms with Crippen LogP contribution in [0, 0.1) is 0 Å². The average Bonchev–Trinajstić information content (AvgIpc) is 2.20. The summed E-state index contributed by atoms with van der Waals surface area (Å²) in [4.78, 5) is 32.9. The maximum Gasteiger partial charge on any atom is 0.396 e. The number of ether oxygens (including phenoxy) is 1. The van der Waals surface area contributed by atoms with Gasteiger partial charge in [0.1, 0.15) is 6.04 Å². The number of hydrogen-bond donors (Lipinski definition) is 2. The summed E-state index contributed by atoms with van der Waals surface area (Å²) in [5.41, 5.74) is 0. The van der Waals surface area contributed by atoms with E-state index in [-0.39, 0.29) is 5.91 Å². The van der Waals surface area contributed by atoms with Gasteiger partial charge in [-0.3, -0.25) is 9.59 Å². The molecule has 6 nitrogen and oxygen atoms in total. The van der Waals surface area contributed by atoms with Gasteiger partial charge in [0.05, 0.1) is 7.11 Å². The van der Waals surface area contributed by atoms with Crippen LogP contribution in [0.5, 0.6) is 0 Å². The predicted octanol–water partition coefficient (Wildman–Crippen LogP) is -1.45. The van der Waals surface area contributed by atoms with Gasteiger partial charge in [-0.25, -0.2) is 4.79 Å². The summed E-state index contributed by atoms with van der Waals surface area (Å²) >= 11 is 0. The highest BCUT2D eigenvalue weighted by atomic mass is 16.5. The van der Waals surface area contributed by atoms with Gasteiger partial charge >= 0.3 is 11.9 Å². The number of hydrogen-bond acceptors (Lipinski definition) is 4. The van der Waals surface area contributed by atoms with Crippen molar-refractivity contribution in [3.8, 4) is 0 Å². The zero-order valence-electron chi connectivity index (χ0n) is 7.83. The van der Waals surface area contributed by atoms with E-state index in [1.54, 1.807) is 0 Å². The third kappa shape index (κ3) is 2.45. The van der Waals surface area contributed by atoms with E-state index in [1.165, 1.54) is 0 Å². The van der Waals surface area contributed by atoms with Crippen LogP contribution < -0.4 is 10.6 Å². The summed E-state index contributed by atoms with van der Waals surface area (Å²) in [7, 11) is 1.11. The highest BCUT2D eigenvalue weighted by Gasteiger charge is 2.26. The second-order valence-electron chi connectivity index (χ2n) is 2.95. The van der Waals surface area contributed by atoms with Gasteiger partial charge in [-0.2, -0.15) is 0 Å². The van der Waals surface area contributed by atoms with Crippen LogP contribution >= 0.6 is 0 Å². The average molecular weight is 200 g/mol. The Morgan fingerprint density at radius 2 is 2.29 bits per heavy atom. The molecule has 2 amide bonds. The van der Waals surface area contributed by atoms with Crippen molar-refractivity contribution < 1.29 is 19.1 Å². The summed E-state index contributed by atoms with van der Waals surface area (Å²) in [6, 6.07) is -0.615. The van der Waals surface area contributed by atoms with Crippen molar-refractivity contribution in [3.63, 3.8) is 0 Å². The molecule has 0 aromatic carbocycles. The molecule has 0 radical (unpaired) electrons. The van der Waals surface area contributed by atoms with Crippen molar-refractivity contribution in [2.75, 3.05) is 13.7 Å². The summed E-state index contributed by atoms with van der Waals surface area (Å²) in [6.07, 6.45) is 1.34. The smallest absolute Gasteiger partial charge is 0.396 e. The van der Waals surface area contributed by atoms with Crippen LogP contribution in [0.15, 0.2) is 0 Å². The number of carbonyl (C=O) groups is 3. The first kappa shape index (κ1) is 10.5. The Morgan fingerprint density at radius 1 is 1.57 bits per heavy atom. The highest BCUT2D eigenvalue weighted by Crippen LogP contribution is 2.02. The summed E-state index contributed by atoms with van der Waals surface area (Å²) < 4.78 is 4.21. The van der Waals surface area contributed by atoms with Gasteiger partial charge in [0.25, 0.3) is 0 Å². The minimum absolute atomic E-state index is 0.256. The van der Waals surface area contributed by atoms with Crippen molar-refractivity contribution in [1.29, 1.82) is 0 Å². The van der Waals surface area contributed by atoms with Gasteiger partial charge < -0.3 is 15.4 Å². The quantitative estimate of drug-likeness (QED) is 0.401. The number of piperidine rings is 1. The Bertz CT molecular complexity index is 264. The number of amides is 2. The van der Waals surface area contributed by atoms with E-state index >= 15 is 0 Å². The molecular weight excluding hydrogens is 188 g/mol. The minimum atomic E-state index is -0.983. The third-order valence-electron chi connectivity index (χ3n) is 1.96. The molecule has 2 N–H and O–H groups in total. The van der Waals surface area contributed by atoms with Gasteiger partial charge in [-0.05, 0) is 12.8 Å². The van der Waals surface area contributed by atoms with Crippen LogP contribution in [0.25, 0.3) is 0 Å². The second-order valence-corrected chi connectivity index (χ2v) is 2.95. The Balaban J connectivity index is 2.46. The summed E-state index contributed by atoms with van der Waals surface area (Å²) in [6.45, 7) is 0.615. The molecule has 1 unspecified atom stereocenters. The number of methoxy groups -OCH3 is 1. The van der Waals surface area contributed by atoms with Crippen LogP contribution in [0.3, 0.4) is 0 Å². The monoisotopic (exact) mass is 200 g/mol. The number of carbonyl (C=O) groups excluding carboxylic acids is 3. The lowest BCUT2D eigenvalue weighted by Crippen LogP contribution is -2.51. The molecular formula is C8H12N2O4. The molecule has 0 aromatic heterocycles. The van der Waals surface area contributed by atoms with E-state index in [4.69, 9.17) is 0 Å². The maximum atomic E-state index is 11.2. The van der Waals surface area contributed by atoms with E-state index in [2.05, 4.69) is 15.4 Å². The van der Waals surface area contributed by atoms with Gasteiger partial charge in [0.2, 0.25) is 5.91 Å². The van der Waals surface area contributed by atoms with Gasteiger partial charge in [-0.1, -0.05) is 0 Å². The molecule has 14 heavy (non-hydrogen) atoms. The molecule has 0 aromatic rings. The van der Waals surface area contributed by atoms with E-state index in [1.807, 2.05) is 0 Å². The predicted molar refractivity (Wildman–Crippen MR) is 46.2 cm³/mol. The van der Waals surface area contributed by atoms with Crippen LogP contribution in [-0.4, -0.2) is 37.5 Å². The van der Waals surface area contributed by atoms with Crippen LogP contribution in [0.4, 0.5) is 0 Å². The van der Waals surface area contributed by atoms with Crippen LogP contribution in [0.2, 0.25) is 0 Å². The van der Waals surface area contributed by atoms with Crippen molar-refractivity contribution in [2.24, 2.45) is 0 Å². The van der Waals surface area contributed by atoms with Crippen molar-refractivity contribution >= 4 is 17.8 Å². The van der Waals surface area contributed by atoms with E-state index in [0.29, 0.717) is 13.0 Å². The standard InChI is InChI=1S/C8H12N2O4/c1-14-8(13)7(12)10-5-3-2-4-9-6(5)11/h5H,2-4H2,1H3,(H,9,11)(H,10,12). The molecule has 1 aliphatic heterocycles. The van der Waals surface area contributed by atoms with E-state index in [9.17, 15) is 14.4 Å². The lowest BCUT2D eigenvalue weighted by molar-refractivity contribution is -0.153. The van der Waals surface area contributed by atoms with Crippen molar-refractivity contribution in [2.45, 2.75) is 18.9 Å². The molecule has 0 bridgehead atoms. The lowest BCUT2D eigenvalue weighted by Gasteiger charge is -2.21.